The highest BCUT2D eigenvalue weighted by Gasteiger charge is 2.27. The number of anilines is 2. The smallest absolute Gasteiger partial charge is 0.324 e. The van der Waals surface area contributed by atoms with E-state index in [1.807, 2.05) is 0 Å². The molecule has 0 radical (unpaired) electrons. The van der Waals surface area contributed by atoms with E-state index < -0.39 is 6.03 Å². The zero-order valence-corrected chi connectivity index (χ0v) is 12.0. The summed E-state index contributed by atoms with van der Waals surface area (Å²) in [5.41, 5.74) is 5.99. The molecular formula is C12H16ClN5O3. The number of hydrogen-bond acceptors (Lipinski definition) is 5. The summed E-state index contributed by atoms with van der Waals surface area (Å²) in [5, 5.41) is 5.08. The molecule has 0 bridgehead atoms. The molecule has 2 rings (SSSR count). The molecule has 2 heterocycles. The van der Waals surface area contributed by atoms with Crippen LogP contribution in [0.2, 0.25) is 0 Å². The summed E-state index contributed by atoms with van der Waals surface area (Å²) >= 11 is 0. The highest BCUT2D eigenvalue weighted by atomic mass is 35.5. The maximum Gasteiger partial charge on any atom is 0.324 e. The van der Waals surface area contributed by atoms with Gasteiger partial charge in [-0.15, -0.1) is 12.4 Å². The molecule has 9 heteroatoms. The van der Waals surface area contributed by atoms with Gasteiger partial charge < -0.3 is 16.4 Å². The minimum absolute atomic E-state index is 0. The van der Waals surface area contributed by atoms with E-state index in [-0.39, 0.29) is 43.7 Å². The lowest BCUT2D eigenvalue weighted by atomic mass is 10.2. The van der Waals surface area contributed by atoms with E-state index in [1.165, 1.54) is 6.20 Å². The summed E-state index contributed by atoms with van der Waals surface area (Å²) in [5.74, 6) is -0.0941. The van der Waals surface area contributed by atoms with Gasteiger partial charge in [0.25, 0.3) is 0 Å². The molecule has 8 nitrogen and oxygen atoms in total. The molecule has 0 unspecified atom stereocenters. The van der Waals surface area contributed by atoms with Gasteiger partial charge in [-0.1, -0.05) is 0 Å². The van der Waals surface area contributed by atoms with Gasteiger partial charge in [-0.05, 0) is 18.6 Å². The second kappa shape index (κ2) is 7.44. The highest BCUT2D eigenvalue weighted by molar-refractivity contribution is 6.02. The molecule has 1 aromatic rings. The molecule has 1 fully saturated rings. The van der Waals surface area contributed by atoms with Crippen LogP contribution in [-0.4, -0.2) is 40.8 Å². The number of carbonyl (C=O) groups excluding carboxylic acids is 3. The first-order chi connectivity index (χ1) is 9.56. The van der Waals surface area contributed by atoms with E-state index in [0.717, 1.165) is 4.90 Å². The number of imide groups is 1. The number of halogens is 1. The van der Waals surface area contributed by atoms with E-state index in [4.69, 9.17) is 5.73 Å². The van der Waals surface area contributed by atoms with Crippen molar-refractivity contribution in [3.8, 4) is 0 Å². The van der Waals surface area contributed by atoms with Crippen molar-refractivity contribution in [2.75, 3.05) is 24.1 Å². The molecule has 0 atom stereocenters. The van der Waals surface area contributed by atoms with E-state index in [9.17, 15) is 14.4 Å². The average Bonchev–Trinajstić information content (AvgIpc) is 2.73. The van der Waals surface area contributed by atoms with Crippen molar-refractivity contribution in [1.29, 1.82) is 0 Å². The Morgan fingerprint density at radius 1 is 1.43 bits per heavy atom. The number of amides is 4. The molecule has 0 aliphatic carbocycles. The number of rotatable bonds is 5. The fourth-order valence-electron chi connectivity index (χ4n) is 1.78. The molecule has 1 aliphatic rings. The Kier molecular flexibility index (Phi) is 5.92. The van der Waals surface area contributed by atoms with Gasteiger partial charge in [-0.3, -0.25) is 14.5 Å². The van der Waals surface area contributed by atoms with Crippen LogP contribution in [0, 0.1) is 0 Å². The lowest BCUT2D eigenvalue weighted by Gasteiger charge is -2.11. The summed E-state index contributed by atoms with van der Waals surface area (Å²) in [4.78, 5) is 39.2. The third-order valence-corrected chi connectivity index (χ3v) is 2.79. The minimum atomic E-state index is -0.404. The maximum absolute atomic E-state index is 11.7. The van der Waals surface area contributed by atoms with Gasteiger partial charge in [-0.2, -0.15) is 0 Å². The summed E-state index contributed by atoms with van der Waals surface area (Å²) in [6, 6.07) is 2.83. The van der Waals surface area contributed by atoms with Gasteiger partial charge in [0.15, 0.2) is 0 Å². The molecule has 1 aliphatic heterocycles. The first kappa shape index (κ1) is 16.7. The third-order valence-electron chi connectivity index (χ3n) is 2.79. The molecule has 114 valence electrons. The van der Waals surface area contributed by atoms with Crippen LogP contribution in [0.3, 0.4) is 0 Å². The second-order valence-electron chi connectivity index (χ2n) is 4.33. The Morgan fingerprint density at radius 2 is 2.19 bits per heavy atom. The molecule has 1 saturated heterocycles. The molecule has 0 aromatic carbocycles. The topological polar surface area (TPSA) is 117 Å². The number of hydrogen-bond donors (Lipinski definition) is 3. The van der Waals surface area contributed by atoms with Crippen LogP contribution in [0.1, 0.15) is 12.8 Å². The Morgan fingerprint density at radius 3 is 2.76 bits per heavy atom. The van der Waals surface area contributed by atoms with Crippen LogP contribution in [0.15, 0.2) is 18.3 Å². The van der Waals surface area contributed by atoms with Gasteiger partial charge in [-0.25, -0.2) is 9.78 Å². The second-order valence-corrected chi connectivity index (χ2v) is 4.33. The maximum atomic E-state index is 11.7. The van der Waals surface area contributed by atoms with Gasteiger partial charge in [0.05, 0.1) is 18.4 Å². The van der Waals surface area contributed by atoms with Crippen molar-refractivity contribution in [1.82, 2.24) is 15.2 Å². The van der Waals surface area contributed by atoms with Crippen molar-refractivity contribution in [3.05, 3.63) is 18.3 Å². The largest absolute Gasteiger partial charge is 0.384 e. The van der Waals surface area contributed by atoms with Crippen LogP contribution in [0.4, 0.5) is 16.3 Å². The van der Waals surface area contributed by atoms with E-state index in [0.29, 0.717) is 17.9 Å². The van der Waals surface area contributed by atoms with Crippen molar-refractivity contribution in [3.63, 3.8) is 0 Å². The number of nitrogens with two attached hydrogens (primary N) is 1. The normalized spacial score (nSPS) is 13.6. The Hall–Kier alpha value is -2.35. The zero-order chi connectivity index (χ0) is 14.5. The van der Waals surface area contributed by atoms with Gasteiger partial charge in [0, 0.05) is 13.0 Å². The summed E-state index contributed by atoms with van der Waals surface area (Å²) in [6.07, 6.45) is 2.08. The lowest BCUT2D eigenvalue weighted by Crippen LogP contribution is -2.32. The van der Waals surface area contributed by atoms with E-state index >= 15 is 0 Å². The van der Waals surface area contributed by atoms with E-state index in [1.54, 1.807) is 12.1 Å². The molecule has 4 amide bonds. The molecule has 21 heavy (non-hydrogen) atoms. The molecule has 0 spiro atoms. The number of pyridine rings is 1. The number of carbonyl (C=O) groups is 3. The van der Waals surface area contributed by atoms with Crippen molar-refractivity contribution in [2.45, 2.75) is 12.8 Å². The number of aromatic nitrogens is 1. The van der Waals surface area contributed by atoms with Crippen LogP contribution < -0.4 is 16.4 Å². The first-order valence-corrected chi connectivity index (χ1v) is 6.16. The van der Waals surface area contributed by atoms with Crippen LogP contribution in [-0.2, 0) is 9.59 Å². The van der Waals surface area contributed by atoms with Crippen molar-refractivity contribution in [2.24, 2.45) is 0 Å². The SMILES string of the molecule is Cl.Nc1ccc(NC(=O)CCCN2C(=O)CNC2=O)cn1. The van der Waals surface area contributed by atoms with Gasteiger partial charge >= 0.3 is 6.03 Å². The quantitative estimate of drug-likeness (QED) is 0.678. The monoisotopic (exact) mass is 313 g/mol. The summed E-state index contributed by atoms with van der Waals surface area (Å²) < 4.78 is 0. The van der Waals surface area contributed by atoms with Crippen molar-refractivity contribution < 1.29 is 14.4 Å². The fourth-order valence-corrected chi connectivity index (χ4v) is 1.78. The number of urea groups is 1. The van der Waals surface area contributed by atoms with Gasteiger partial charge in [0.1, 0.15) is 5.82 Å². The molecule has 0 saturated carbocycles. The van der Waals surface area contributed by atoms with Gasteiger partial charge in [0.2, 0.25) is 11.8 Å². The average molecular weight is 314 g/mol. The van der Waals surface area contributed by atoms with E-state index in [2.05, 4.69) is 15.6 Å². The number of nitrogen functional groups attached to an aromatic ring is 1. The standard InChI is InChI=1S/C12H15N5O3.ClH/c13-9-4-3-8(6-14-9)16-10(18)2-1-5-17-11(19)7-15-12(17)20;/h3-4,6H,1-2,5,7H2,(H2,13,14)(H,15,20)(H,16,18);1H. The Labute approximate surface area is 127 Å². The zero-order valence-electron chi connectivity index (χ0n) is 11.2. The molecule has 4 N–H and O–H groups in total. The molecule has 1 aromatic heterocycles. The van der Waals surface area contributed by atoms with Crippen LogP contribution in [0.25, 0.3) is 0 Å². The fraction of sp³-hybridized carbons (Fsp3) is 0.333. The summed E-state index contributed by atoms with van der Waals surface area (Å²) in [6.45, 7) is 0.264. The lowest BCUT2D eigenvalue weighted by molar-refractivity contribution is -0.125. The summed E-state index contributed by atoms with van der Waals surface area (Å²) in [7, 11) is 0. The number of nitrogens with zero attached hydrogens (tertiary/aromatic N) is 2. The minimum Gasteiger partial charge on any atom is -0.384 e. The predicted molar refractivity (Wildman–Crippen MR) is 78.9 cm³/mol. The Balaban J connectivity index is 0.00000220. The molecular weight excluding hydrogens is 298 g/mol. The van der Waals surface area contributed by atoms with Crippen molar-refractivity contribution >= 4 is 41.8 Å². The Bertz CT molecular complexity index is 518. The third kappa shape index (κ3) is 4.60. The van der Waals surface area contributed by atoms with Crippen LogP contribution >= 0.6 is 12.4 Å². The van der Waals surface area contributed by atoms with Crippen LogP contribution in [0.5, 0.6) is 0 Å². The highest BCUT2D eigenvalue weighted by Crippen LogP contribution is 2.08. The number of nitrogens with one attached hydrogen (secondary N) is 2. The predicted octanol–water partition coefficient (Wildman–Crippen LogP) is 0.356. The first-order valence-electron chi connectivity index (χ1n) is 6.16.